The molecule has 0 heterocycles. The molecule has 1 rings (SSSR count). The first-order valence-electron chi connectivity index (χ1n) is 10.1. The van der Waals surface area contributed by atoms with E-state index in [1.165, 1.54) is 64.5 Å². The van der Waals surface area contributed by atoms with Crippen LogP contribution in [0.5, 0.6) is 11.5 Å². The topological polar surface area (TPSA) is 68.2 Å². The Balaban J connectivity index is 0. The number of aromatic hydroxyl groups is 1. The van der Waals surface area contributed by atoms with E-state index in [2.05, 4.69) is 18.6 Å². The van der Waals surface area contributed by atoms with E-state index in [4.69, 9.17) is 19.7 Å². The Morgan fingerprint density at radius 3 is 1.74 bits per heavy atom. The molecule has 0 aliphatic heterocycles. The molecule has 0 radical (unpaired) electrons. The first-order chi connectivity index (χ1) is 13.1. The minimum absolute atomic E-state index is 0.0450. The van der Waals surface area contributed by atoms with Gasteiger partial charge in [-0.1, -0.05) is 58.4 Å². The molecule has 0 aliphatic carbocycles. The van der Waals surface area contributed by atoms with Crippen LogP contribution in [0.4, 0.5) is 0 Å². The van der Waals surface area contributed by atoms with E-state index < -0.39 is 0 Å². The summed E-state index contributed by atoms with van der Waals surface area (Å²) in [6.07, 6.45) is 10.5. The molecule has 5 heteroatoms. The second-order valence-corrected chi connectivity index (χ2v) is 6.31. The lowest BCUT2D eigenvalue weighted by atomic mass is 10.2. The predicted octanol–water partition coefficient (Wildman–Crippen LogP) is 5.32. The lowest BCUT2D eigenvalue weighted by molar-refractivity contribution is 0.126. The molecule has 0 amide bonds. The molecule has 0 saturated heterocycles. The van der Waals surface area contributed by atoms with Crippen LogP contribution in [0.25, 0.3) is 0 Å². The van der Waals surface area contributed by atoms with E-state index in [-0.39, 0.29) is 12.4 Å². The Hall–Kier alpha value is -1.30. The lowest BCUT2D eigenvalue weighted by Gasteiger charge is -2.03. The number of phenolic OH excluding ortho intramolecular Hbond substituents is 1. The number of aliphatic hydroxyl groups excluding tert-OH is 1. The van der Waals surface area contributed by atoms with Gasteiger partial charge in [0.05, 0.1) is 13.7 Å². The van der Waals surface area contributed by atoms with Gasteiger partial charge in [-0.05, 0) is 30.5 Å². The van der Waals surface area contributed by atoms with Gasteiger partial charge in [0.2, 0.25) is 0 Å². The van der Waals surface area contributed by atoms with Crippen molar-refractivity contribution in [2.45, 2.75) is 71.8 Å². The fraction of sp³-hybridized carbons (Fsp3) is 0.727. The largest absolute Gasteiger partial charge is 0.504 e. The van der Waals surface area contributed by atoms with Crippen molar-refractivity contribution in [3.63, 3.8) is 0 Å². The van der Waals surface area contributed by atoms with Crippen LogP contribution in [0.3, 0.4) is 0 Å². The zero-order valence-electron chi connectivity index (χ0n) is 18.1. The fourth-order valence-electron chi connectivity index (χ4n) is 2.18. The average Bonchev–Trinajstić information content (AvgIpc) is 2.68. The molecule has 0 bridgehead atoms. The molecule has 0 fully saturated rings. The summed E-state index contributed by atoms with van der Waals surface area (Å²) < 4.78 is 14.6. The van der Waals surface area contributed by atoms with Crippen LogP contribution in [0, 0.1) is 0 Å². The number of benzene rings is 1. The highest BCUT2D eigenvalue weighted by atomic mass is 16.5. The molecule has 1 aromatic carbocycles. The predicted molar refractivity (Wildman–Crippen MR) is 113 cm³/mol. The van der Waals surface area contributed by atoms with Crippen LogP contribution in [0.2, 0.25) is 0 Å². The minimum atomic E-state index is -0.0450. The summed E-state index contributed by atoms with van der Waals surface area (Å²) in [6, 6.07) is 4.72. The van der Waals surface area contributed by atoms with E-state index in [1.54, 1.807) is 26.4 Å². The molecule has 0 atom stereocenters. The van der Waals surface area contributed by atoms with Crippen molar-refractivity contribution < 1.29 is 24.4 Å². The third-order valence-electron chi connectivity index (χ3n) is 3.71. The number of methoxy groups -OCH3 is 2. The molecule has 0 saturated carbocycles. The normalized spacial score (nSPS) is 9.70. The molecular formula is C22H42O5. The maximum absolute atomic E-state index is 9.12. The molecule has 27 heavy (non-hydrogen) atoms. The van der Waals surface area contributed by atoms with Crippen LogP contribution >= 0.6 is 0 Å². The van der Waals surface area contributed by atoms with Gasteiger partial charge in [-0.2, -0.15) is 0 Å². The third kappa shape index (κ3) is 19.3. The van der Waals surface area contributed by atoms with Gasteiger partial charge in [-0.3, -0.25) is 0 Å². The van der Waals surface area contributed by atoms with Crippen molar-refractivity contribution in [1.29, 1.82) is 0 Å². The molecule has 5 nitrogen and oxygen atoms in total. The number of hydrogen-bond donors (Lipinski definition) is 2. The van der Waals surface area contributed by atoms with Gasteiger partial charge >= 0.3 is 0 Å². The molecule has 160 valence electrons. The first kappa shape index (κ1) is 27.9. The highest BCUT2D eigenvalue weighted by Gasteiger charge is 2.00. The molecular weight excluding hydrogens is 344 g/mol. The van der Waals surface area contributed by atoms with Crippen LogP contribution in [0.15, 0.2) is 18.2 Å². The van der Waals surface area contributed by atoms with Crippen molar-refractivity contribution in [2.24, 2.45) is 0 Å². The Kier molecular flexibility index (Phi) is 23.5. The SMILES string of the molecule is CCCCCCOCCCCCC.COC.COc1cc(CO)ccc1O. The van der Waals surface area contributed by atoms with Crippen molar-refractivity contribution in [3.8, 4) is 11.5 Å². The third-order valence-corrected chi connectivity index (χ3v) is 3.71. The molecule has 1 aromatic rings. The van der Waals surface area contributed by atoms with E-state index in [9.17, 15) is 0 Å². The standard InChI is InChI=1S/C12H26O.C8H10O3.C2H6O/c1-3-5-7-9-11-13-12-10-8-6-4-2;1-11-8-4-6(5-9)2-3-7(8)10;1-3-2/h3-12H2,1-2H3;2-4,9-10H,5H2,1H3;1-2H3. The number of hydrogen-bond acceptors (Lipinski definition) is 5. The Morgan fingerprint density at radius 1 is 0.815 bits per heavy atom. The van der Waals surface area contributed by atoms with Gasteiger partial charge in [-0.15, -0.1) is 0 Å². The summed E-state index contributed by atoms with van der Waals surface area (Å²) in [5.74, 6) is 0.473. The van der Waals surface area contributed by atoms with Crippen LogP contribution in [-0.4, -0.2) is 44.8 Å². The quantitative estimate of drug-likeness (QED) is 0.476. The highest BCUT2D eigenvalue weighted by molar-refractivity contribution is 5.41. The van der Waals surface area contributed by atoms with Crippen molar-refractivity contribution in [1.82, 2.24) is 0 Å². The van der Waals surface area contributed by atoms with E-state index >= 15 is 0 Å². The number of unbranched alkanes of at least 4 members (excludes halogenated alkanes) is 6. The van der Waals surface area contributed by atoms with Gasteiger partial charge in [0, 0.05) is 27.4 Å². The van der Waals surface area contributed by atoms with E-state index in [0.29, 0.717) is 5.75 Å². The van der Waals surface area contributed by atoms with Gasteiger partial charge in [0.25, 0.3) is 0 Å². The fourth-order valence-corrected chi connectivity index (χ4v) is 2.18. The Morgan fingerprint density at radius 2 is 1.33 bits per heavy atom. The van der Waals surface area contributed by atoms with Gasteiger partial charge in [-0.25, -0.2) is 0 Å². The van der Waals surface area contributed by atoms with Crippen LogP contribution in [0.1, 0.15) is 70.8 Å². The summed E-state index contributed by atoms with van der Waals surface area (Å²) in [5.41, 5.74) is 0.722. The van der Waals surface area contributed by atoms with Crippen molar-refractivity contribution >= 4 is 0 Å². The summed E-state index contributed by atoms with van der Waals surface area (Å²) >= 11 is 0. The van der Waals surface area contributed by atoms with E-state index in [0.717, 1.165) is 18.8 Å². The summed E-state index contributed by atoms with van der Waals surface area (Å²) in [5, 5.41) is 17.8. The smallest absolute Gasteiger partial charge is 0.160 e. The molecule has 0 spiro atoms. The van der Waals surface area contributed by atoms with Crippen molar-refractivity contribution in [3.05, 3.63) is 23.8 Å². The summed E-state index contributed by atoms with van der Waals surface area (Å²) in [7, 11) is 4.72. The zero-order chi connectivity index (χ0) is 20.8. The second kappa shape index (κ2) is 22.7. The molecule has 0 aromatic heterocycles. The number of phenols is 1. The summed E-state index contributed by atoms with van der Waals surface area (Å²) in [4.78, 5) is 0. The van der Waals surface area contributed by atoms with Gasteiger partial charge < -0.3 is 24.4 Å². The Labute approximate surface area is 166 Å². The average molecular weight is 387 g/mol. The minimum Gasteiger partial charge on any atom is -0.504 e. The van der Waals surface area contributed by atoms with Gasteiger partial charge in [0.1, 0.15) is 0 Å². The van der Waals surface area contributed by atoms with Crippen molar-refractivity contribution in [2.75, 3.05) is 34.5 Å². The monoisotopic (exact) mass is 386 g/mol. The van der Waals surface area contributed by atoms with Crippen LogP contribution in [-0.2, 0) is 16.1 Å². The molecule has 0 unspecified atom stereocenters. The maximum Gasteiger partial charge on any atom is 0.160 e. The number of rotatable bonds is 12. The van der Waals surface area contributed by atoms with Crippen LogP contribution < -0.4 is 4.74 Å². The Bertz CT molecular complexity index is 400. The number of ether oxygens (including phenoxy) is 3. The molecule has 0 aliphatic rings. The maximum atomic E-state index is 9.12. The van der Waals surface area contributed by atoms with E-state index in [1.807, 2.05) is 0 Å². The number of aliphatic hydroxyl groups is 1. The second-order valence-electron chi connectivity index (χ2n) is 6.31. The summed E-state index contributed by atoms with van der Waals surface area (Å²) in [6.45, 7) is 6.39. The zero-order valence-corrected chi connectivity index (χ0v) is 18.1. The molecule has 2 N–H and O–H groups in total. The van der Waals surface area contributed by atoms with Gasteiger partial charge in [0.15, 0.2) is 11.5 Å². The first-order valence-corrected chi connectivity index (χ1v) is 10.1. The highest BCUT2D eigenvalue weighted by Crippen LogP contribution is 2.25. The lowest BCUT2D eigenvalue weighted by Crippen LogP contribution is -1.96.